The Kier molecular flexibility index (Phi) is 5.99. The van der Waals surface area contributed by atoms with Gasteiger partial charge < -0.3 is 9.42 Å². The quantitative estimate of drug-likeness (QED) is 0.648. The van der Waals surface area contributed by atoms with E-state index in [1.54, 1.807) is 36.4 Å². The van der Waals surface area contributed by atoms with Gasteiger partial charge in [-0.1, -0.05) is 48.0 Å². The average Bonchev–Trinajstić information content (AvgIpc) is 2.52. The molecule has 1 N–H and O–H groups in total. The van der Waals surface area contributed by atoms with Gasteiger partial charge in [-0.15, -0.1) is 0 Å². The van der Waals surface area contributed by atoms with Gasteiger partial charge >= 0.3 is 7.60 Å². The minimum atomic E-state index is -3.76. The molecule has 0 aliphatic carbocycles. The largest absolute Gasteiger partial charge is 0.332 e. The summed E-state index contributed by atoms with van der Waals surface area (Å²) in [5.41, 5.74) is 2.23. The van der Waals surface area contributed by atoms with E-state index in [0.717, 1.165) is 5.56 Å². The molecule has 0 heterocycles. The van der Waals surface area contributed by atoms with Crippen molar-refractivity contribution in [3.8, 4) is 0 Å². The Morgan fingerprint density at radius 1 is 1.17 bits per heavy atom. The van der Waals surface area contributed by atoms with Gasteiger partial charge in [0.2, 0.25) is 0 Å². The summed E-state index contributed by atoms with van der Waals surface area (Å²) in [6.45, 7) is 1.73. The van der Waals surface area contributed by atoms with E-state index in [2.05, 4.69) is 4.99 Å². The van der Waals surface area contributed by atoms with Crippen LogP contribution in [0.4, 0.5) is 0 Å². The number of carbonyl (C=O) groups excluding carboxylic acids is 1. The summed E-state index contributed by atoms with van der Waals surface area (Å²) in [5.74, 6) is -0.413. The first kappa shape index (κ1) is 17.3. The maximum absolute atomic E-state index is 11.9. The van der Waals surface area contributed by atoms with Gasteiger partial charge in [-0.05, 0) is 24.6 Å². The molecule has 6 heteroatoms. The van der Waals surface area contributed by atoms with Crippen molar-refractivity contribution in [3.63, 3.8) is 0 Å². The third kappa shape index (κ3) is 5.91. The maximum atomic E-state index is 11.9. The van der Waals surface area contributed by atoms with Crippen molar-refractivity contribution in [3.05, 3.63) is 71.3 Å². The van der Waals surface area contributed by atoms with Gasteiger partial charge in [0.05, 0.1) is 12.8 Å². The van der Waals surface area contributed by atoms with Crippen LogP contribution in [0.15, 0.2) is 59.6 Å². The summed E-state index contributed by atoms with van der Waals surface area (Å²) >= 11 is 0. The van der Waals surface area contributed by atoms with E-state index in [4.69, 9.17) is 4.52 Å². The molecular weight excluding hydrogens is 313 g/mol. The average molecular weight is 331 g/mol. The number of hydrogen-bond acceptors (Lipinski definition) is 3. The van der Waals surface area contributed by atoms with Crippen molar-refractivity contribution in [2.75, 3.05) is 6.61 Å². The topological polar surface area (TPSA) is 76.0 Å². The van der Waals surface area contributed by atoms with E-state index in [1.165, 1.54) is 6.21 Å². The minimum Gasteiger partial charge on any atom is -0.324 e. The maximum Gasteiger partial charge on any atom is 0.332 e. The zero-order chi connectivity index (χ0) is 16.7. The minimum absolute atomic E-state index is 0.0758. The van der Waals surface area contributed by atoms with Gasteiger partial charge in [0.15, 0.2) is 0 Å². The van der Waals surface area contributed by atoms with E-state index in [1.807, 2.05) is 25.1 Å². The number of carbonyl (C=O) groups is 1. The number of aliphatic imine (C=N–C) groups is 1. The number of aryl methyl sites for hydroxylation is 1. The van der Waals surface area contributed by atoms with Crippen LogP contribution < -0.4 is 0 Å². The third-order valence-electron chi connectivity index (χ3n) is 3.08. The highest BCUT2D eigenvalue weighted by Crippen LogP contribution is 2.45. The Morgan fingerprint density at radius 3 is 2.48 bits per heavy atom. The molecule has 2 aromatic rings. The summed E-state index contributed by atoms with van der Waals surface area (Å²) in [7, 11) is -3.76. The summed E-state index contributed by atoms with van der Waals surface area (Å²) in [5, 5.41) is 0. The van der Waals surface area contributed by atoms with E-state index in [0.29, 0.717) is 11.1 Å². The lowest BCUT2D eigenvalue weighted by Gasteiger charge is -2.10. The predicted molar refractivity (Wildman–Crippen MR) is 89.9 cm³/mol. The molecule has 0 saturated carbocycles. The van der Waals surface area contributed by atoms with Crippen LogP contribution in [0.1, 0.15) is 21.5 Å². The van der Waals surface area contributed by atoms with E-state index in [9.17, 15) is 14.3 Å². The van der Waals surface area contributed by atoms with Crippen LogP contribution in [0, 0.1) is 6.92 Å². The molecule has 23 heavy (non-hydrogen) atoms. The first-order valence-electron chi connectivity index (χ1n) is 7.10. The third-order valence-corrected chi connectivity index (χ3v) is 4.40. The molecule has 0 fully saturated rings. The molecule has 1 unspecified atom stereocenters. The number of amides is 1. The highest BCUT2D eigenvalue weighted by atomic mass is 31.2. The Bertz CT molecular complexity index is 726. The van der Waals surface area contributed by atoms with Crippen molar-refractivity contribution in [1.29, 1.82) is 0 Å². The zero-order valence-electron chi connectivity index (χ0n) is 12.8. The van der Waals surface area contributed by atoms with Crippen LogP contribution in [0.3, 0.4) is 0 Å². The molecule has 0 aliphatic heterocycles. The standard InChI is InChI=1S/C17H18NO4P/c1-14-7-9-16(10-8-14)17(19)18-11-12-22-23(20,21)13-15-5-3-2-4-6-15/h2-11H,12-13H2,1H3,(H,20,21). The van der Waals surface area contributed by atoms with E-state index in [-0.39, 0.29) is 12.8 Å². The fourth-order valence-electron chi connectivity index (χ4n) is 1.90. The molecule has 0 aromatic heterocycles. The second-order valence-corrected chi connectivity index (χ2v) is 6.91. The number of rotatable bonds is 6. The Labute approximate surface area is 135 Å². The monoisotopic (exact) mass is 331 g/mol. The molecule has 0 radical (unpaired) electrons. The fraction of sp³-hybridized carbons (Fsp3) is 0.176. The molecular formula is C17H18NO4P. The smallest absolute Gasteiger partial charge is 0.324 e. The van der Waals surface area contributed by atoms with Crippen LogP contribution in [0.5, 0.6) is 0 Å². The SMILES string of the molecule is Cc1ccc(C(=O)N=CCOP(=O)(O)Cc2ccccc2)cc1. The van der Waals surface area contributed by atoms with Crippen LogP contribution in [-0.4, -0.2) is 23.6 Å². The number of benzene rings is 2. The molecule has 120 valence electrons. The Hall–Kier alpha value is -2.07. The van der Waals surface area contributed by atoms with Crippen molar-refractivity contribution >= 4 is 19.7 Å². The fourth-order valence-corrected chi connectivity index (χ4v) is 2.96. The normalized spacial score (nSPS) is 13.8. The summed E-state index contributed by atoms with van der Waals surface area (Å²) in [6.07, 6.45) is 1.13. The van der Waals surface area contributed by atoms with Crippen LogP contribution >= 0.6 is 7.60 Å². The summed E-state index contributed by atoms with van der Waals surface area (Å²) in [6, 6.07) is 15.9. The molecule has 2 aromatic carbocycles. The molecule has 0 aliphatic rings. The van der Waals surface area contributed by atoms with Crippen molar-refractivity contribution in [2.45, 2.75) is 13.1 Å². The summed E-state index contributed by atoms with van der Waals surface area (Å²) < 4.78 is 16.9. The van der Waals surface area contributed by atoms with Gasteiger partial charge in [-0.3, -0.25) is 9.36 Å². The molecule has 1 amide bonds. The van der Waals surface area contributed by atoms with E-state index >= 15 is 0 Å². The number of nitrogens with zero attached hydrogens (tertiary/aromatic N) is 1. The second kappa shape index (κ2) is 7.97. The first-order chi connectivity index (χ1) is 11.0. The zero-order valence-corrected chi connectivity index (χ0v) is 13.6. The van der Waals surface area contributed by atoms with Crippen molar-refractivity contribution in [1.82, 2.24) is 0 Å². The second-order valence-electron chi connectivity index (χ2n) is 5.06. The molecule has 1 atom stereocenters. The van der Waals surface area contributed by atoms with Crippen molar-refractivity contribution < 1.29 is 18.8 Å². The molecule has 0 bridgehead atoms. The Balaban J connectivity index is 1.84. The van der Waals surface area contributed by atoms with Crippen LogP contribution in [0.25, 0.3) is 0 Å². The van der Waals surface area contributed by atoms with Gasteiger partial charge in [-0.2, -0.15) is 0 Å². The number of hydrogen-bond donors (Lipinski definition) is 1. The van der Waals surface area contributed by atoms with E-state index < -0.39 is 13.5 Å². The van der Waals surface area contributed by atoms with Gasteiger partial charge in [0, 0.05) is 11.8 Å². The van der Waals surface area contributed by atoms with Gasteiger partial charge in [0.1, 0.15) is 0 Å². The van der Waals surface area contributed by atoms with Gasteiger partial charge in [-0.25, -0.2) is 4.99 Å². The van der Waals surface area contributed by atoms with Gasteiger partial charge in [0.25, 0.3) is 5.91 Å². The highest BCUT2D eigenvalue weighted by molar-refractivity contribution is 7.52. The first-order valence-corrected chi connectivity index (χ1v) is 8.86. The van der Waals surface area contributed by atoms with Crippen LogP contribution in [-0.2, 0) is 15.3 Å². The van der Waals surface area contributed by atoms with Crippen LogP contribution in [0.2, 0.25) is 0 Å². The predicted octanol–water partition coefficient (Wildman–Crippen LogP) is 3.61. The molecule has 0 spiro atoms. The Morgan fingerprint density at radius 2 is 1.83 bits per heavy atom. The van der Waals surface area contributed by atoms with Crippen molar-refractivity contribution in [2.24, 2.45) is 4.99 Å². The lowest BCUT2D eigenvalue weighted by Crippen LogP contribution is -2.00. The lowest BCUT2D eigenvalue weighted by molar-refractivity contribution is 0.100. The lowest BCUT2D eigenvalue weighted by atomic mass is 10.1. The molecule has 5 nitrogen and oxygen atoms in total. The molecule has 0 saturated heterocycles. The molecule has 2 rings (SSSR count). The summed E-state index contributed by atoms with van der Waals surface area (Å²) in [4.78, 5) is 25.3. The highest BCUT2D eigenvalue weighted by Gasteiger charge is 2.19.